The predicted octanol–water partition coefficient (Wildman–Crippen LogP) is 2.19. The van der Waals surface area contributed by atoms with Crippen molar-refractivity contribution in [1.29, 1.82) is 5.26 Å². The fraction of sp³-hybridized carbons (Fsp3) is 0.273. The third-order valence-corrected chi connectivity index (χ3v) is 4.77. The number of nitrogens with zero attached hydrogens (tertiary/aromatic N) is 3. The number of likely N-dealkylation sites (N-methyl/N-ethyl adjacent to an activating group) is 1. The van der Waals surface area contributed by atoms with Gasteiger partial charge in [-0.15, -0.1) is 0 Å². The lowest BCUT2D eigenvalue weighted by Gasteiger charge is -2.29. The SMILES string of the molecule is C[C@@H]1CC(=O)Nc2ccccc2N1C(=O)CN(C)CC(=O)Nc1ccccc1C#N. The number of benzene rings is 2. The summed E-state index contributed by atoms with van der Waals surface area (Å²) in [6, 6.07) is 15.6. The van der Waals surface area contributed by atoms with Crippen LogP contribution in [0, 0.1) is 11.3 Å². The first-order valence-corrected chi connectivity index (χ1v) is 9.57. The predicted molar refractivity (Wildman–Crippen MR) is 114 cm³/mol. The maximum atomic E-state index is 13.1. The average molecular weight is 405 g/mol. The third-order valence-electron chi connectivity index (χ3n) is 4.77. The minimum Gasteiger partial charge on any atom is -0.324 e. The summed E-state index contributed by atoms with van der Waals surface area (Å²) in [7, 11) is 1.67. The van der Waals surface area contributed by atoms with E-state index in [9.17, 15) is 14.4 Å². The Morgan fingerprint density at radius 3 is 2.67 bits per heavy atom. The van der Waals surface area contributed by atoms with E-state index in [-0.39, 0.29) is 43.3 Å². The third kappa shape index (κ3) is 4.82. The summed E-state index contributed by atoms with van der Waals surface area (Å²) < 4.78 is 0. The molecule has 3 rings (SSSR count). The van der Waals surface area contributed by atoms with Crippen molar-refractivity contribution in [3.05, 3.63) is 54.1 Å². The molecule has 8 heteroatoms. The van der Waals surface area contributed by atoms with Gasteiger partial charge in [-0.3, -0.25) is 19.3 Å². The lowest BCUT2D eigenvalue weighted by atomic mass is 10.1. The van der Waals surface area contributed by atoms with E-state index in [4.69, 9.17) is 5.26 Å². The standard InChI is InChI=1S/C22H23N5O3/c1-15-11-20(28)25-18-9-5-6-10-19(18)27(15)22(30)14-26(2)13-21(29)24-17-8-4-3-7-16(17)12-23/h3-10,15H,11,13-14H2,1-2H3,(H,24,29)(H,25,28)/t15-/m1/s1. The molecule has 1 heterocycles. The summed E-state index contributed by atoms with van der Waals surface area (Å²) in [5, 5.41) is 14.7. The van der Waals surface area contributed by atoms with Crippen molar-refractivity contribution in [3.8, 4) is 6.07 Å². The maximum Gasteiger partial charge on any atom is 0.241 e. The Hall–Kier alpha value is -3.70. The van der Waals surface area contributed by atoms with Crippen molar-refractivity contribution < 1.29 is 14.4 Å². The Labute approximate surface area is 175 Å². The van der Waals surface area contributed by atoms with Crippen LogP contribution in [0.2, 0.25) is 0 Å². The summed E-state index contributed by atoms with van der Waals surface area (Å²) in [6.07, 6.45) is 0.190. The van der Waals surface area contributed by atoms with Crippen LogP contribution in [0.3, 0.4) is 0 Å². The Balaban J connectivity index is 1.67. The zero-order valence-corrected chi connectivity index (χ0v) is 16.9. The molecule has 154 valence electrons. The number of hydrogen-bond donors (Lipinski definition) is 2. The van der Waals surface area contributed by atoms with Crippen molar-refractivity contribution in [2.45, 2.75) is 19.4 Å². The molecule has 2 aromatic rings. The van der Waals surface area contributed by atoms with Crippen LogP contribution in [-0.4, -0.2) is 48.8 Å². The second kappa shape index (κ2) is 9.20. The van der Waals surface area contributed by atoms with E-state index < -0.39 is 0 Å². The summed E-state index contributed by atoms with van der Waals surface area (Å²) >= 11 is 0. The normalized spacial score (nSPS) is 15.6. The number of para-hydroxylation sites is 3. The first-order valence-electron chi connectivity index (χ1n) is 9.57. The van der Waals surface area contributed by atoms with Crippen molar-refractivity contribution in [3.63, 3.8) is 0 Å². The summed E-state index contributed by atoms with van der Waals surface area (Å²) in [6.45, 7) is 1.80. The molecular weight excluding hydrogens is 382 g/mol. The van der Waals surface area contributed by atoms with Crippen LogP contribution < -0.4 is 15.5 Å². The summed E-state index contributed by atoms with van der Waals surface area (Å²) in [4.78, 5) is 40.7. The number of rotatable bonds is 5. The van der Waals surface area contributed by atoms with Gasteiger partial charge in [0.25, 0.3) is 0 Å². The second-order valence-corrected chi connectivity index (χ2v) is 7.26. The zero-order valence-electron chi connectivity index (χ0n) is 16.9. The Morgan fingerprint density at radius 1 is 1.20 bits per heavy atom. The minimum atomic E-state index is -0.325. The number of amides is 3. The van der Waals surface area contributed by atoms with Crippen LogP contribution >= 0.6 is 0 Å². The van der Waals surface area contributed by atoms with Gasteiger partial charge in [-0.05, 0) is 38.2 Å². The Kier molecular flexibility index (Phi) is 6.45. The van der Waals surface area contributed by atoms with Crippen LogP contribution in [0.1, 0.15) is 18.9 Å². The van der Waals surface area contributed by atoms with Gasteiger partial charge in [0.05, 0.1) is 35.7 Å². The number of fused-ring (bicyclic) bond motifs is 1. The minimum absolute atomic E-state index is 0.000180. The molecule has 0 fully saturated rings. The van der Waals surface area contributed by atoms with Gasteiger partial charge in [-0.1, -0.05) is 24.3 Å². The van der Waals surface area contributed by atoms with Gasteiger partial charge in [0.2, 0.25) is 17.7 Å². The lowest BCUT2D eigenvalue weighted by molar-refractivity contribution is -0.121. The summed E-state index contributed by atoms with van der Waals surface area (Å²) in [5.41, 5.74) is 2.04. The first-order chi connectivity index (χ1) is 14.4. The summed E-state index contributed by atoms with van der Waals surface area (Å²) in [5.74, 6) is -0.678. The van der Waals surface area contributed by atoms with Crippen LogP contribution in [0.5, 0.6) is 0 Å². The van der Waals surface area contributed by atoms with E-state index in [0.717, 1.165) is 0 Å². The topological polar surface area (TPSA) is 106 Å². The molecule has 0 aromatic heterocycles. The van der Waals surface area contributed by atoms with Gasteiger partial charge in [0.15, 0.2) is 0 Å². The fourth-order valence-corrected chi connectivity index (χ4v) is 3.46. The van der Waals surface area contributed by atoms with E-state index in [1.54, 1.807) is 59.3 Å². The van der Waals surface area contributed by atoms with Gasteiger partial charge in [0.1, 0.15) is 6.07 Å². The van der Waals surface area contributed by atoms with Crippen LogP contribution in [0.25, 0.3) is 0 Å². The van der Waals surface area contributed by atoms with Gasteiger partial charge >= 0.3 is 0 Å². The first kappa shape index (κ1) is 21.0. The zero-order chi connectivity index (χ0) is 21.7. The highest BCUT2D eigenvalue weighted by Gasteiger charge is 2.30. The average Bonchev–Trinajstić information content (AvgIpc) is 2.82. The molecule has 30 heavy (non-hydrogen) atoms. The molecule has 1 atom stereocenters. The molecule has 0 spiro atoms. The maximum absolute atomic E-state index is 13.1. The lowest BCUT2D eigenvalue weighted by Crippen LogP contribution is -2.45. The molecule has 0 bridgehead atoms. The van der Waals surface area contributed by atoms with Crippen molar-refractivity contribution in [2.75, 3.05) is 35.7 Å². The van der Waals surface area contributed by atoms with Gasteiger partial charge in [0, 0.05) is 12.5 Å². The molecular formula is C22H23N5O3. The number of nitriles is 1. The van der Waals surface area contributed by atoms with Gasteiger partial charge < -0.3 is 15.5 Å². The highest BCUT2D eigenvalue weighted by atomic mass is 16.2. The molecule has 3 amide bonds. The number of hydrogen-bond acceptors (Lipinski definition) is 5. The second-order valence-electron chi connectivity index (χ2n) is 7.26. The van der Waals surface area contributed by atoms with E-state index >= 15 is 0 Å². The molecule has 8 nitrogen and oxygen atoms in total. The molecule has 0 saturated carbocycles. The van der Waals surface area contributed by atoms with Crippen LogP contribution in [0.4, 0.5) is 17.1 Å². The van der Waals surface area contributed by atoms with E-state index in [2.05, 4.69) is 10.6 Å². The fourth-order valence-electron chi connectivity index (χ4n) is 3.46. The quantitative estimate of drug-likeness (QED) is 0.793. The van der Waals surface area contributed by atoms with Crippen LogP contribution in [-0.2, 0) is 14.4 Å². The van der Waals surface area contributed by atoms with E-state index in [1.165, 1.54) is 0 Å². The van der Waals surface area contributed by atoms with Crippen molar-refractivity contribution in [2.24, 2.45) is 0 Å². The molecule has 1 aliphatic heterocycles. The van der Waals surface area contributed by atoms with Gasteiger partial charge in [-0.25, -0.2) is 0 Å². The number of carbonyl (C=O) groups excluding carboxylic acids is 3. The van der Waals surface area contributed by atoms with Crippen LogP contribution in [0.15, 0.2) is 48.5 Å². The molecule has 0 aliphatic carbocycles. The Morgan fingerprint density at radius 2 is 1.90 bits per heavy atom. The molecule has 0 unspecified atom stereocenters. The highest BCUT2D eigenvalue weighted by molar-refractivity contribution is 6.05. The molecule has 0 saturated heterocycles. The van der Waals surface area contributed by atoms with Crippen molar-refractivity contribution >= 4 is 34.8 Å². The Bertz CT molecular complexity index is 1010. The van der Waals surface area contributed by atoms with Crippen molar-refractivity contribution in [1.82, 2.24) is 4.90 Å². The molecule has 2 N–H and O–H groups in total. The molecule has 0 radical (unpaired) electrons. The number of nitrogens with one attached hydrogen (secondary N) is 2. The van der Waals surface area contributed by atoms with Gasteiger partial charge in [-0.2, -0.15) is 5.26 Å². The monoisotopic (exact) mass is 405 g/mol. The smallest absolute Gasteiger partial charge is 0.241 e. The molecule has 2 aromatic carbocycles. The number of anilines is 3. The van der Waals surface area contributed by atoms with E-state index in [1.807, 2.05) is 19.1 Å². The van der Waals surface area contributed by atoms with E-state index in [0.29, 0.717) is 22.6 Å². The largest absolute Gasteiger partial charge is 0.324 e. The number of carbonyl (C=O) groups is 3. The molecule has 1 aliphatic rings. The highest BCUT2D eigenvalue weighted by Crippen LogP contribution is 2.31.